The Balaban J connectivity index is 1.79. The molecule has 1 saturated heterocycles. The van der Waals surface area contributed by atoms with Crippen LogP contribution in [0.4, 0.5) is 10.6 Å². The van der Waals surface area contributed by atoms with Gasteiger partial charge in [-0.1, -0.05) is 11.6 Å². The van der Waals surface area contributed by atoms with Gasteiger partial charge in [0.05, 0.1) is 30.4 Å². The summed E-state index contributed by atoms with van der Waals surface area (Å²) in [6.45, 7) is 0.853. The number of amides is 1. The van der Waals surface area contributed by atoms with Crippen molar-refractivity contribution in [1.82, 2.24) is 24.8 Å². The number of halogens is 1. The van der Waals surface area contributed by atoms with Crippen LogP contribution >= 0.6 is 11.6 Å². The first-order valence-corrected chi connectivity index (χ1v) is 8.99. The second-order valence-corrected chi connectivity index (χ2v) is 6.74. The molecular formula is C18H17ClN6O3. The molecule has 3 aromatic rings. The van der Waals surface area contributed by atoms with Gasteiger partial charge in [0.1, 0.15) is 16.7 Å². The number of fused-ring (bicyclic) bond motifs is 1. The van der Waals surface area contributed by atoms with Gasteiger partial charge in [-0.05, 0) is 18.6 Å². The fraction of sp³-hybridized carbons (Fsp3) is 0.278. The molecule has 4 rings (SSSR count). The Hall–Kier alpha value is -3.20. The van der Waals surface area contributed by atoms with E-state index in [2.05, 4.69) is 25.3 Å². The molecule has 28 heavy (non-hydrogen) atoms. The summed E-state index contributed by atoms with van der Waals surface area (Å²) in [4.78, 5) is 30.0. The number of nitrogens with one attached hydrogen (secondary N) is 1. The van der Waals surface area contributed by atoms with Crippen LogP contribution in [-0.4, -0.2) is 62.3 Å². The number of hydrogen-bond acceptors (Lipinski definition) is 7. The Morgan fingerprint density at radius 2 is 2.25 bits per heavy atom. The van der Waals surface area contributed by atoms with Crippen LogP contribution in [0.5, 0.6) is 5.75 Å². The molecule has 1 aliphatic heterocycles. The van der Waals surface area contributed by atoms with Gasteiger partial charge in [-0.2, -0.15) is 0 Å². The number of aromatic nitrogens is 4. The average molecular weight is 401 g/mol. The summed E-state index contributed by atoms with van der Waals surface area (Å²) in [5.41, 5.74) is 1.32. The largest absolute Gasteiger partial charge is 0.494 e. The van der Waals surface area contributed by atoms with Crippen LogP contribution in [0, 0.1) is 0 Å². The van der Waals surface area contributed by atoms with Crippen LogP contribution in [0.15, 0.2) is 30.7 Å². The van der Waals surface area contributed by atoms with Crippen molar-refractivity contribution in [2.24, 2.45) is 0 Å². The number of methoxy groups -OCH3 is 1. The summed E-state index contributed by atoms with van der Waals surface area (Å²) >= 11 is 6.01. The number of ether oxygens (including phenoxy) is 1. The summed E-state index contributed by atoms with van der Waals surface area (Å²) in [5.74, 6) is 1.55. The van der Waals surface area contributed by atoms with E-state index in [9.17, 15) is 9.90 Å². The van der Waals surface area contributed by atoms with Gasteiger partial charge in [0.15, 0.2) is 5.82 Å². The molecule has 0 spiro atoms. The van der Waals surface area contributed by atoms with Crippen LogP contribution in [-0.2, 0) is 0 Å². The normalized spacial score (nSPS) is 16.4. The zero-order chi connectivity index (χ0) is 19.7. The third-order valence-electron chi connectivity index (χ3n) is 4.58. The predicted octanol–water partition coefficient (Wildman–Crippen LogP) is 2.91. The number of likely N-dealkylation sites (tertiary alicyclic amines) is 1. The van der Waals surface area contributed by atoms with Crippen molar-refractivity contribution < 1.29 is 14.6 Å². The smallest absolute Gasteiger partial charge is 0.407 e. The molecule has 2 N–H and O–H groups in total. The molecule has 0 saturated carbocycles. The third-order valence-corrected chi connectivity index (χ3v) is 4.78. The molecule has 0 aromatic carbocycles. The van der Waals surface area contributed by atoms with E-state index in [1.807, 2.05) is 0 Å². The van der Waals surface area contributed by atoms with Crippen LogP contribution in [0.2, 0.25) is 5.15 Å². The van der Waals surface area contributed by atoms with Crippen molar-refractivity contribution >= 4 is 34.4 Å². The number of rotatable bonds is 4. The second kappa shape index (κ2) is 7.43. The predicted molar refractivity (Wildman–Crippen MR) is 104 cm³/mol. The summed E-state index contributed by atoms with van der Waals surface area (Å²) in [7, 11) is 1.55. The number of hydrogen-bond donors (Lipinski definition) is 2. The molecule has 1 atom stereocenters. The van der Waals surface area contributed by atoms with E-state index in [1.54, 1.807) is 37.8 Å². The van der Waals surface area contributed by atoms with E-state index in [0.717, 1.165) is 0 Å². The Morgan fingerprint density at radius 1 is 1.39 bits per heavy atom. The number of carboxylic acid groups (broad SMARTS) is 1. The minimum atomic E-state index is -0.925. The highest BCUT2D eigenvalue weighted by atomic mass is 35.5. The highest BCUT2D eigenvalue weighted by Gasteiger charge is 2.27. The number of nitrogens with zero attached hydrogens (tertiary/aromatic N) is 5. The molecule has 9 nitrogen and oxygen atoms in total. The minimum Gasteiger partial charge on any atom is -0.494 e. The zero-order valence-electron chi connectivity index (χ0n) is 15.0. The van der Waals surface area contributed by atoms with Gasteiger partial charge in [-0.25, -0.2) is 19.7 Å². The van der Waals surface area contributed by atoms with E-state index in [0.29, 0.717) is 58.5 Å². The molecule has 0 aliphatic carbocycles. The lowest BCUT2D eigenvalue weighted by Gasteiger charge is -2.17. The number of anilines is 1. The molecule has 1 aliphatic rings. The van der Waals surface area contributed by atoms with Crippen molar-refractivity contribution in [3.8, 4) is 17.1 Å². The van der Waals surface area contributed by atoms with E-state index < -0.39 is 6.09 Å². The molecule has 1 amide bonds. The van der Waals surface area contributed by atoms with Gasteiger partial charge < -0.3 is 20.1 Å². The summed E-state index contributed by atoms with van der Waals surface area (Å²) < 4.78 is 5.44. The summed E-state index contributed by atoms with van der Waals surface area (Å²) in [6, 6.07) is 3.38. The maximum Gasteiger partial charge on any atom is 0.407 e. The monoisotopic (exact) mass is 400 g/mol. The summed E-state index contributed by atoms with van der Waals surface area (Å²) in [5, 5.41) is 13.6. The minimum absolute atomic E-state index is 0.0686. The Morgan fingerprint density at radius 3 is 2.96 bits per heavy atom. The Bertz CT molecular complexity index is 1050. The van der Waals surface area contributed by atoms with Crippen LogP contribution in [0.3, 0.4) is 0 Å². The average Bonchev–Trinajstić information content (AvgIpc) is 3.16. The van der Waals surface area contributed by atoms with Gasteiger partial charge in [0, 0.05) is 30.9 Å². The summed E-state index contributed by atoms with van der Waals surface area (Å²) in [6.07, 6.45) is 4.57. The van der Waals surface area contributed by atoms with Gasteiger partial charge in [-0.3, -0.25) is 4.98 Å². The van der Waals surface area contributed by atoms with Crippen molar-refractivity contribution in [3.05, 3.63) is 35.9 Å². The van der Waals surface area contributed by atoms with E-state index in [4.69, 9.17) is 16.3 Å². The van der Waals surface area contributed by atoms with Gasteiger partial charge in [0.2, 0.25) is 0 Å². The first kappa shape index (κ1) is 18.2. The maximum absolute atomic E-state index is 11.2. The SMILES string of the molecule is COc1cncc2nc(-c3ccnc(Cl)c3)nc(N[C@@H]3CCN(C(=O)O)C3)c12. The molecule has 144 valence electrons. The first-order valence-electron chi connectivity index (χ1n) is 8.61. The third kappa shape index (κ3) is 3.48. The Kier molecular flexibility index (Phi) is 4.82. The van der Waals surface area contributed by atoms with Gasteiger partial charge in [-0.15, -0.1) is 0 Å². The topological polar surface area (TPSA) is 113 Å². The molecule has 0 unspecified atom stereocenters. The molecule has 0 radical (unpaired) electrons. The zero-order valence-corrected chi connectivity index (χ0v) is 15.7. The first-order chi connectivity index (χ1) is 13.5. The fourth-order valence-electron chi connectivity index (χ4n) is 3.23. The van der Waals surface area contributed by atoms with E-state index in [1.165, 1.54) is 4.90 Å². The van der Waals surface area contributed by atoms with Gasteiger partial charge in [0.25, 0.3) is 0 Å². The number of pyridine rings is 2. The van der Waals surface area contributed by atoms with Crippen LogP contribution in [0.1, 0.15) is 6.42 Å². The van der Waals surface area contributed by atoms with Crippen LogP contribution in [0.25, 0.3) is 22.3 Å². The quantitative estimate of drug-likeness (QED) is 0.642. The molecular weight excluding hydrogens is 384 g/mol. The molecule has 10 heteroatoms. The molecule has 4 heterocycles. The van der Waals surface area contributed by atoms with E-state index >= 15 is 0 Å². The second-order valence-electron chi connectivity index (χ2n) is 6.36. The maximum atomic E-state index is 11.2. The lowest BCUT2D eigenvalue weighted by Crippen LogP contribution is -2.30. The standard InChI is InChI=1S/C18H17ClN6O3/c1-28-13-8-20-7-12-15(13)17(22-11-3-5-25(9-11)18(26)27)24-16(23-12)10-2-4-21-14(19)6-10/h2,4,6-8,11H,3,5,9H2,1H3,(H,26,27)(H,22,23,24)/t11-/m1/s1. The van der Waals surface area contributed by atoms with E-state index in [-0.39, 0.29) is 6.04 Å². The van der Waals surface area contributed by atoms with Crippen molar-refractivity contribution in [1.29, 1.82) is 0 Å². The van der Waals surface area contributed by atoms with Crippen molar-refractivity contribution in [3.63, 3.8) is 0 Å². The fourth-order valence-corrected chi connectivity index (χ4v) is 3.40. The number of carbonyl (C=O) groups is 1. The van der Waals surface area contributed by atoms with Crippen molar-refractivity contribution in [2.75, 3.05) is 25.5 Å². The highest BCUT2D eigenvalue weighted by molar-refractivity contribution is 6.29. The van der Waals surface area contributed by atoms with Crippen LogP contribution < -0.4 is 10.1 Å². The van der Waals surface area contributed by atoms with Crippen molar-refractivity contribution in [2.45, 2.75) is 12.5 Å². The Labute approximate surface area is 165 Å². The molecule has 3 aromatic heterocycles. The van der Waals surface area contributed by atoms with Gasteiger partial charge >= 0.3 is 6.09 Å². The molecule has 1 fully saturated rings. The lowest BCUT2D eigenvalue weighted by atomic mass is 10.2. The molecule has 0 bridgehead atoms. The lowest BCUT2D eigenvalue weighted by molar-refractivity contribution is 0.155. The highest BCUT2D eigenvalue weighted by Crippen LogP contribution is 2.32.